The first-order valence-corrected chi connectivity index (χ1v) is 11.1. The zero-order chi connectivity index (χ0) is 21.1. The lowest BCUT2D eigenvalue weighted by Crippen LogP contribution is -2.42. The fraction of sp³-hybridized carbons (Fsp3) is 0.360. The number of hydrogen-bond acceptors (Lipinski definition) is 2. The van der Waals surface area contributed by atoms with E-state index in [4.69, 9.17) is 16.7 Å². The van der Waals surface area contributed by atoms with Gasteiger partial charge in [-0.1, -0.05) is 74.2 Å². The van der Waals surface area contributed by atoms with Crippen LogP contribution in [0.15, 0.2) is 54.6 Å². The summed E-state index contributed by atoms with van der Waals surface area (Å²) in [7, 11) is 0. The number of fused-ring (bicyclic) bond motifs is 1. The molecule has 4 nitrogen and oxygen atoms in total. The summed E-state index contributed by atoms with van der Waals surface area (Å²) in [5, 5.41) is 5.54. The second-order valence-corrected chi connectivity index (χ2v) is 8.56. The van der Waals surface area contributed by atoms with Gasteiger partial charge >= 0.3 is 0 Å². The van der Waals surface area contributed by atoms with Crippen molar-refractivity contribution in [1.29, 1.82) is 0 Å². The summed E-state index contributed by atoms with van der Waals surface area (Å²) in [6.07, 6.45) is 4.55. The number of carbonyl (C=O) groups is 1. The second kappa shape index (κ2) is 9.05. The molecule has 156 valence electrons. The Morgan fingerprint density at radius 1 is 1.10 bits per heavy atom. The van der Waals surface area contributed by atoms with Crippen molar-refractivity contribution in [3.63, 3.8) is 0 Å². The highest BCUT2D eigenvalue weighted by molar-refractivity contribution is 6.30. The molecule has 1 aliphatic heterocycles. The highest BCUT2D eigenvalue weighted by Gasteiger charge is 2.33. The molecule has 1 atom stereocenters. The van der Waals surface area contributed by atoms with Crippen molar-refractivity contribution < 1.29 is 4.79 Å². The van der Waals surface area contributed by atoms with Gasteiger partial charge in [0.25, 0.3) is 5.91 Å². The second-order valence-electron chi connectivity index (χ2n) is 8.13. The molecule has 30 heavy (non-hydrogen) atoms. The summed E-state index contributed by atoms with van der Waals surface area (Å²) in [6.45, 7) is 5.65. The Bertz CT molecular complexity index is 1030. The quantitative estimate of drug-likeness (QED) is 0.420. The minimum atomic E-state index is 0.0534. The molecular weight excluding hydrogens is 394 g/mol. The number of benzene rings is 2. The monoisotopic (exact) mass is 421 g/mol. The van der Waals surface area contributed by atoms with Crippen LogP contribution in [0.25, 0.3) is 11.3 Å². The largest absolute Gasteiger partial charge is 0.331 e. The maximum atomic E-state index is 13.4. The van der Waals surface area contributed by atoms with E-state index < -0.39 is 0 Å². The molecule has 0 bridgehead atoms. The Labute approximate surface area is 183 Å². The number of rotatable bonds is 7. The molecule has 5 heteroatoms. The van der Waals surface area contributed by atoms with Gasteiger partial charge in [0.1, 0.15) is 5.69 Å². The van der Waals surface area contributed by atoms with E-state index in [-0.39, 0.29) is 11.9 Å². The summed E-state index contributed by atoms with van der Waals surface area (Å²) in [5.41, 5.74) is 4.90. The average molecular weight is 422 g/mol. The van der Waals surface area contributed by atoms with Gasteiger partial charge in [0.15, 0.2) is 0 Å². The maximum Gasteiger partial charge on any atom is 0.272 e. The minimum Gasteiger partial charge on any atom is -0.331 e. The standard InChI is InChI=1S/C25H28ClN3O/c1-3-4-5-10-22-17-28(16-20-9-7-6-8-18(20)2)25(30)24-15-23(27-29(22)24)19-11-13-21(26)14-12-19/h6-9,11-15,22H,3-5,10,16-17H2,1-2H3. The molecule has 1 amide bonds. The highest BCUT2D eigenvalue weighted by Crippen LogP contribution is 2.30. The van der Waals surface area contributed by atoms with Crippen LogP contribution in [0, 0.1) is 6.92 Å². The summed E-state index contributed by atoms with van der Waals surface area (Å²) < 4.78 is 1.97. The van der Waals surface area contributed by atoms with Crippen molar-refractivity contribution in [2.45, 2.75) is 52.1 Å². The summed E-state index contributed by atoms with van der Waals surface area (Å²) >= 11 is 6.04. The van der Waals surface area contributed by atoms with Crippen LogP contribution in [-0.4, -0.2) is 27.1 Å². The van der Waals surface area contributed by atoms with Crippen LogP contribution in [0.1, 0.15) is 60.3 Å². The lowest BCUT2D eigenvalue weighted by molar-refractivity contribution is 0.0634. The van der Waals surface area contributed by atoms with Crippen LogP contribution in [0.2, 0.25) is 5.02 Å². The molecule has 4 rings (SSSR count). The van der Waals surface area contributed by atoms with Gasteiger partial charge in [-0.25, -0.2) is 0 Å². The maximum absolute atomic E-state index is 13.4. The molecule has 0 aliphatic carbocycles. The SMILES string of the molecule is CCCCCC1CN(Cc2ccccc2C)C(=O)c2cc(-c3ccc(Cl)cc3)nn21. The van der Waals surface area contributed by atoms with E-state index in [2.05, 4.69) is 26.0 Å². The predicted molar refractivity (Wildman–Crippen MR) is 122 cm³/mol. The van der Waals surface area contributed by atoms with Crippen LogP contribution in [0.3, 0.4) is 0 Å². The van der Waals surface area contributed by atoms with Crippen molar-refractivity contribution in [2.24, 2.45) is 0 Å². The third-order valence-electron chi connectivity index (χ3n) is 5.92. The number of halogens is 1. The fourth-order valence-electron chi connectivity index (χ4n) is 4.14. The van der Waals surface area contributed by atoms with Gasteiger partial charge in [-0.3, -0.25) is 9.48 Å². The van der Waals surface area contributed by atoms with Gasteiger partial charge in [-0.15, -0.1) is 0 Å². The van der Waals surface area contributed by atoms with Crippen LogP contribution in [0.5, 0.6) is 0 Å². The molecule has 0 fully saturated rings. The summed E-state index contributed by atoms with van der Waals surface area (Å²) in [6, 6.07) is 18.1. The number of aromatic nitrogens is 2. The number of carbonyl (C=O) groups excluding carboxylic acids is 1. The molecule has 0 saturated heterocycles. The van der Waals surface area contributed by atoms with E-state index in [1.165, 1.54) is 24.0 Å². The van der Waals surface area contributed by atoms with Crippen LogP contribution >= 0.6 is 11.6 Å². The molecule has 1 aromatic heterocycles. The highest BCUT2D eigenvalue weighted by atomic mass is 35.5. The van der Waals surface area contributed by atoms with E-state index in [0.29, 0.717) is 23.8 Å². The van der Waals surface area contributed by atoms with Crippen LogP contribution < -0.4 is 0 Å². The lowest BCUT2D eigenvalue weighted by Gasteiger charge is -2.34. The summed E-state index contributed by atoms with van der Waals surface area (Å²) in [5.74, 6) is 0.0534. The molecule has 1 aliphatic rings. The third-order valence-corrected chi connectivity index (χ3v) is 6.17. The zero-order valence-electron chi connectivity index (χ0n) is 17.6. The third kappa shape index (κ3) is 4.29. The Morgan fingerprint density at radius 3 is 2.60 bits per heavy atom. The van der Waals surface area contributed by atoms with Crippen molar-refractivity contribution in [3.05, 3.63) is 76.4 Å². The number of aryl methyl sites for hydroxylation is 1. The number of hydrogen-bond donors (Lipinski definition) is 0. The smallest absolute Gasteiger partial charge is 0.272 e. The molecule has 3 aromatic rings. The normalized spacial score (nSPS) is 16.0. The van der Waals surface area contributed by atoms with Gasteiger partial charge < -0.3 is 4.90 Å². The van der Waals surface area contributed by atoms with Crippen molar-refractivity contribution in [3.8, 4) is 11.3 Å². The molecule has 1 unspecified atom stereocenters. The first-order valence-electron chi connectivity index (χ1n) is 10.8. The van der Waals surface area contributed by atoms with E-state index >= 15 is 0 Å². The zero-order valence-corrected chi connectivity index (χ0v) is 18.4. The Balaban J connectivity index is 1.66. The van der Waals surface area contributed by atoms with Gasteiger partial charge in [0.2, 0.25) is 0 Å². The molecule has 0 spiro atoms. The molecule has 0 saturated carbocycles. The van der Waals surface area contributed by atoms with E-state index in [9.17, 15) is 4.79 Å². The Kier molecular flexibility index (Phi) is 6.24. The van der Waals surface area contributed by atoms with Gasteiger partial charge in [-0.2, -0.15) is 5.10 Å². The van der Waals surface area contributed by atoms with Crippen LogP contribution in [-0.2, 0) is 6.54 Å². The van der Waals surface area contributed by atoms with Crippen molar-refractivity contribution in [1.82, 2.24) is 14.7 Å². The first kappa shape index (κ1) is 20.7. The van der Waals surface area contributed by atoms with Gasteiger partial charge in [-0.05, 0) is 42.7 Å². The van der Waals surface area contributed by atoms with E-state index in [1.807, 2.05) is 52.0 Å². The number of unbranched alkanes of at least 4 members (excludes halogenated alkanes) is 2. The van der Waals surface area contributed by atoms with Gasteiger partial charge in [0, 0.05) is 23.7 Å². The van der Waals surface area contributed by atoms with Crippen molar-refractivity contribution in [2.75, 3.05) is 6.54 Å². The number of nitrogens with zero attached hydrogens (tertiary/aromatic N) is 3. The van der Waals surface area contributed by atoms with Gasteiger partial charge in [0.05, 0.1) is 11.7 Å². The van der Waals surface area contributed by atoms with E-state index in [0.717, 1.165) is 24.1 Å². The Morgan fingerprint density at radius 2 is 1.87 bits per heavy atom. The summed E-state index contributed by atoms with van der Waals surface area (Å²) in [4.78, 5) is 15.3. The fourth-order valence-corrected chi connectivity index (χ4v) is 4.27. The minimum absolute atomic E-state index is 0.0534. The average Bonchev–Trinajstić information content (AvgIpc) is 3.19. The molecular formula is C25H28ClN3O. The lowest BCUT2D eigenvalue weighted by atomic mass is 10.0. The van der Waals surface area contributed by atoms with E-state index in [1.54, 1.807) is 0 Å². The topological polar surface area (TPSA) is 38.1 Å². The number of amides is 1. The first-order chi connectivity index (χ1) is 14.6. The molecule has 2 aromatic carbocycles. The van der Waals surface area contributed by atoms with Crippen LogP contribution in [0.4, 0.5) is 0 Å². The Hall–Kier alpha value is -2.59. The molecule has 2 heterocycles. The van der Waals surface area contributed by atoms with Crippen molar-refractivity contribution >= 4 is 17.5 Å². The molecule has 0 N–H and O–H groups in total. The predicted octanol–water partition coefficient (Wildman–Crippen LogP) is 6.29. The molecule has 0 radical (unpaired) electrons.